The smallest absolute Gasteiger partial charge is 0.324 e. The molecule has 7 nitrogen and oxygen atoms in total. The van der Waals surface area contributed by atoms with Crippen molar-refractivity contribution in [2.45, 2.75) is 19.9 Å². The van der Waals surface area contributed by atoms with Gasteiger partial charge in [0, 0.05) is 43.0 Å². The Labute approximate surface area is 200 Å². The van der Waals surface area contributed by atoms with Crippen LogP contribution in [0.1, 0.15) is 22.8 Å². The normalized spacial score (nSPS) is 14.2. The van der Waals surface area contributed by atoms with Gasteiger partial charge in [0.2, 0.25) is 0 Å². The maximum Gasteiger partial charge on any atom is 0.324 e. The molecule has 1 saturated heterocycles. The largest absolute Gasteiger partial charge is 0.344 e. The lowest BCUT2D eigenvalue weighted by molar-refractivity contribution is -0.131. The number of hydrogen-bond acceptors (Lipinski definition) is 4. The van der Waals surface area contributed by atoms with E-state index in [2.05, 4.69) is 4.90 Å². The molecule has 1 aliphatic heterocycles. The molecule has 1 N–H and O–H groups in total. The van der Waals surface area contributed by atoms with E-state index in [0.29, 0.717) is 31.9 Å². The maximum absolute atomic E-state index is 14.9. The molecule has 0 saturated carbocycles. The van der Waals surface area contributed by atoms with E-state index in [9.17, 15) is 31.9 Å². The number of Topliss-reactive ketones (excluding diaryl/α,β-unsaturated/α-hetero) is 1. The first-order valence-corrected chi connectivity index (χ1v) is 11.1. The summed E-state index contributed by atoms with van der Waals surface area (Å²) in [4.78, 5) is 41.6. The van der Waals surface area contributed by atoms with Gasteiger partial charge in [-0.25, -0.2) is 13.6 Å². The third-order valence-electron chi connectivity index (χ3n) is 5.78. The van der Waals surface area contributed by atoms with E-state index in [0.717, 1.165) is 12.6 Å². The average molecular weight is 494 g/mol. The molecular formula is C24H26F4N4O3. The van der Waals surface area contributed by atoms with Crippen LogP contribution in [-0.4, -0.2) is 73.2 Å². The minimum absolute atomic E-state index is 0.100. The zero-order valence-electron chi connectivity index (χ0n) is 19.1. The number of halogens is 4. The fraction of sp³-hybridized carbons (Fsp3) is 0.375. The number of nitrogens with one attached hydrogen (secondary N) is 1. The molecule has 2 aromatic carbocycles. The number of nitrogens with zero attached hydrogens (tertiary/aromatic N) is 3. The van der Waals surface area contributed by atoms with Crippen molar-refractivity contribution in [3.05, 3.63) is 65.2 Å². The van der Waals surface area contributed by atoms with E-state index in [1.807, 2.05) is 6.92 Å². The highest BCUT2D eigenvalue weighted by Crippen LogP contribution is 2.22. The van der Waals surface area contributed by atoms with Crippen molar-refractivity contribution in [2.75, 3.05) is 44.2 Å². The summed E-state index contributed by atoms with van der Waals surface area (Å²) in [6.45, 7) is 4.40. The van der Waals surface area contributed by atoms with Gasteiger partial charge in [0.1, 0.15) is 11.6 Å². The van der Waals surface area contributed by atoms with Crippen molar-refractivity contribution in [3.63, 3.8) is 0 Å². The van der Waals surface area contributed by atoms with Crippen LogP contribution in [0.3, 0.4) is 0 Å². The zero-order chi connectivity index (χ0) is 25.5. The second-order valence-electron chi connectivity index (χ2n) is 8.01. The molecule has 3 rings (SSSR count). The van der Waals surface area contributed by atoms with Gasteiger partial charge in [0.05, 0.1) is 13.1 Å². The number of ketones is 1. The number of benzene rings is 2. The van der Waals surface area contributed by atoms with Crippen LogP contribution in [0.15, 0.2) is 42.5 Å². The number of carbonyl (C=O) groups is 3. The number of amides is 3. The fourth-order valence-corrected chi connectivity index (χ4v) is 3.68. The molecule has 0 bridgehead atoms. The molecular weight excluding hydrogens is 468 g/mol. The van der Waals surface area contributed by atoms with Gasteiger partial charge in [-0.15, -0.1) is 0 Å². The highest BCUT2D eigenvalue weighted by molar-refractivity contribution is 5.99. The van der Waals surface area contributed by atoms with Crippen LogP contribution in [0.25, 0.3) is 0 Å². The number of alkyl halides is 2. The molecule has 3 amide bonds. The zero-order valence-corrected chi connectivity index (χ0v) is 19.1. The number of likely N-dealkylation sites (N-methyl/N-ethyl adjacent to an activating group) is 1. The summed E-state index contributed by atoms with van der Waals surface area (Å²) >= 11 is 0. The first-order chi connectivity index (χ1) is 16.7. The number of rotatable bonds is 8. The highest BCUT2D eigenvalue weighted by atomic mass is 19.3. The molecule has 188 valence electrons. The van der Waals surface area contributed by atoms with E-state index >= 15 is 0 Å². The van der Waals surface area contributed by atoms with Crippen LogP contribution in [0.4, 0.5) is 28.0 Å². The van der Waals surface area contributed by atoms with Crippen molar-refractivity contribution in [1.82, 2.24) is 15.1 Å². The third kappa shape index (κ3) is 6.78. The summed E-state index contributed by atoms with van der Waals surface area (Å²) in [6.07, 6.45) is -3.26. The van der Waals surface area contributed by atoms with Gasteiger partial charge in [0.25, 0.3) is 5.91 Å². The Morgan fingerprint density at radius 2 is 1.66 bits per heavy atom. The predicted molar refractivity (Wildman–Crippen MR) is 121 cm³/mol. The Hall–Kier alpha value is -3.47. The van der Waals surface area contributed by atoms with Crippen molar-refractivity contribution in [2.24, 2.45) is 0 Å². The summed E-state index contributed by atoms with van der Waals surface area (Å²) < 4.78 is 52.9. The van der Waals surface area contributed by atoms with Gasteiger partial charge in [-0.1, -0.05) is 19.1 Å². The van der Waals surface area contributed by atoms with E-state index in [-0.39, 0.29) is 23.7 Å². The second-order valence-corrected chi connectivity index (χ2v) is 8.01. The molecule has 0 radical (unpaired) electrons. The van der Waals surface area contributed by atoms with E-state index < -0.39 is 36.3 Å². The summed E-state index contributed by atoms with van der Waals surface area (Å²) in [5.74, 6) is -3.61. The Morgan fingerprint density at radius 3 is 2.23 bits per heavy atom. The van der Waals surface area contributed by atoms with Crippen LogP contribution in [0.2, 0.25) is 0 Å². The van der Waals surface area contributed by atoms with Gasteiger partial charge in [-0.05, 0) is 36.9 Å². The molecule has 0 aliphatic carbocycles. The first kappa shape index (κ1) is 26.1. The monoisotopic (exact) mass is 494 g/mol. The number of urea groups is 1. The molecule has 0 unspecified atom stereocenters. The molecule has 0 atom stereocenters. The minimum Gasteiger partial charge on any atom is -0.344 e. The number of hydrogen-bond donors (Lipinski definition) is 1. The summed E-state index contributed by atoms with van der Waals surface area (Å²) in [5.41, 5.74) is 0.364. The van der Waals surface area contributed by atoms with Gasteiger partial charge < -0.3 is 15.1 Å². The molecule has 1 aliphatic rings. The fourth-order valence-electron chi connectivity index (χ4n) is 3.68. The van der Waals surface area contributed by atoms with Crippen LogP contribution in [-0.2, 0) is 11.3 Å². The third-order valence-corrected chi connectivity index (χ3v) is 5.78. The molecule has 0 aromatic heterocycles. The quantitative estimate of drug-likeness (QED) is 0.452. The van der Waals surface area contributed by atoms with Gasteiger partial charge in [-0.3, -0.25) is 14.5 Å². The second kappa shape index (κ2) is 11.8. The lowest BCUT2D eigenvalue weighted by atomic mass is 10.1. The van der Waals surface area contributed by atoms with Gasteiger partial charge >= 0.3 is 12.5 Å². The van der Waals surface area contributed by atoms with Crippen LogP contribution in [0.5, 0.6) is 0 Å². The van der Waals surface area contributed by atoms with E-state index in [1.54, 1.807) is 10.2 Å². The standard InChI is InChI=1S/C24H26F4N4O3/c1-2-30-9-11-31(12-10-30)24(35)32(19-7-5-18(25)6-8-19)15-17-4-3-16(13-20(17)26)21(33)14-29-23(34)22(27)28/h3-8,13,22H,2,9-12,14-15H2,1H3,(H,29,34). The molecule has 1 fully saturated rings. The Balaban J connectivity index is 1.78. The number of carbonyl (C=O) groups excluding carboxylic acids is 3. The molecule has 35 heavy (non-hydrogen) atoms. The average Bonchev–Trinajstić information content (AvgIpc) is 2.86. The molecule has 11 heteroatoms. The minimum atomic E-state index is -3.26. The summed E-state index contributed by atoms with van der Waals surface area (Å²) in [6, 6.07) is 8.45. The Bertz CT molecular complexity index is 1060. The maximum atomic E-state index is 14.9. The SMILES string of the molecule is CCN1CCN(C(=O)N(Cc2ccc(C(=O)CNC(=O)C(F)F)cc2F)c2ccc(F)cc2)CC1. The molecule has 2 aromatic rings. The topological polar surface area (TPSA) is 73.0 Å². The van der Waals surface area contributed by atoms with Gasteiger partial charge in [0.15, 0.2) is 5.78 Å². The summed E-state index contributed by atoms with van der Waals surface area (Å²) in [7, 11) is 0. The number of anilines is 1. The first-order valence-electron chi connectivity index (χ1n) is 11.1. The highest BCUT2D eigenvalue weighted by Gasteiger charge is 2.27. The Kier molecular flexibility index (Phi) is 8.80. The van der Waals surface area contributed by atoms with Crippen LogP contribution in [0, 0.1) is 11.6 Å². The molecule has 0 spiro atoms. The van der Waals surface area contributed by atoms with Crippen molar-refractivity contribution >= 4 is 23.4 Å². The van der Waals surface area contributed by atoms with Gasteiger partial charge in [-0.2, -0.15) is 8.78 Å². The van der Waals surface area contributed by atoms with E-state index in [1.165, 1.54) is 41.3 Å². The number of piperazine rings is 1. The van der Waals surface area contributed by atoms with Crippen molar-refractivity contribution in [1.29, 1.82) is 0 Å². The van der Waals surface area contributed by atoms with E-state index in [4.69, 9.17) is 0 Å². The van der Waals surface area contributed by atoms with Crippen LogP contribution >= 0.6 is 0 Å². The Morgan fingerprint density at radius 1 is 1.00 bits per heavy atom. The van der Waals surface area contributed by atoms with Crippen molar-refractivity contribution in [3.8, 4) is 0 Å². The summed E-state index contributed by atoms with van der Waals surface area (Å²) in [5, 5.41) is 1.78. The lowest BCUT2D eigenvalue weighted by Crippen LogP contribution is -2.52. The van der Waals surface area contributed by atoms with Crippen molar-refractivity contribution < 1.29 is 31.9 Å². The lowest BCUT2D eigenvalue weighted by Gasteiger charge is -2.37. The molecule has 1 heterocycles. The van der Waals surface area contributed by atoms with Crippen LogP contribution < -0.4 is 10.2 Å². The predicted octanol–water partition coefficient (Wildman–Crippen LogP) is 3.29.